The Morgan fingerprint density at radius 1 is 1.40 bits per heavy atom. The molecule has 0 radical (unpaired) electrons. The summed E-state index contributed by atoms with van der Waals surface area (Å²) in [5.74, 6) is 1.12. The summed E-state index contributed by atoms with van der Waals surface area (Å²) in [5, 5.41) is 14.3. The first-order chi connectivity index (χ1) is 11.8. The van der Waals surface area contributed by atoms with Crippen molar-refractivity contribution in [1.82, 2.24) is 5.32 Å². The molecule has 136 valence electrons. The molecule has 4 nitrogen and oxygen atoms in total. The summed E-state index contributed by atoms with van der Waals surface area (Å²) < 4.78 is 6.15. The molecule has 2 aliphatic carbocycles. The van der Waals surface area contributed by atoms with E-state index in [0.717, 1.165) is 24.8 Å². The van der Waals surface area contributed by atoms with Crippen LogP contribution < -0.4 is 5.32 Å². The minimum Gasteiger partial charge on any atom is -0.508 e. The molecule has 25 heavy (non-hydrogen) atoms. The molecule has 1 heterocycles. The van der Waals surface area contributed by atoms with Gasteiger partial charge in [-0.3, -0.25) is 4.79 Å². The average molecular weight is 364 g/mol. The summed E-state index contributed by atoms with van der Waals surface area (Å²) in [6.07, 6.45) is 2.99. The van der Waals surface area contributed by atoms with Crippen LogP contribution in [0.5, 0.6) is 5.75 Å². The lowest BCUT2D eigenvalue weighted by atomic mass is 9.58. The number of nitrogens with one attached hydrogen (secondary N) is 1. The van der Waals surface area contributed by atoms with E-state index in [4.69, 9.17) is 16.3 Å². The summed E-state index contributed by atoms with van der Waals surface area (Å²) >= 11 is 6.18. The molecule has 0 aromatic heterocycles. The highest BCUT2D eigenvalue weighted by Gasteiger charge is 2.68. The van der Waals surface area contributed by atoms with Crippen LogP contribution in [0.2, 0.25) is 5.02 Å². The summed E-state index contributed by atoms with van der Waals surface area (Å²) in [4.78, 5) is 11.9. The number of phenolic OH excluding ortho intramolecular Hbond substituents is 1. The third-order valence-corrected chi connectivity index (χ3v) is 7.38. The minimum absolute atomic E-state index is 0.0346. The number of rotatable bonds is 2. The first-order valence-electron chi connectivity index (χ1n) is 9.13. The van der Waals surface area contributed by atoms with E-state index in [1.165, 1.54) is 0 Å². The van der Waals surface area contributed by atoms with E-state index >= 15 is 0 Å². The van der Waals surface area contributed by atoms with Crippen LogP contribution in [0.25, 0.3) is 0 Å². The van der Waals surface area contributed by atoms with Crippen molar-refractivity contribution in [2.75, 3.05) is 6.61 Å². The molecule has 5 heteroatoms. The summed E-state index contributed by atoms with van der Waals surface area (Å²) in [7, 11) is 0. The van der Waals surface area contributed by atoms with Crippen molar-refractivity contribution >= 4 is 17.5 Å². The zero-order valence-corrected chi connectivity index (χ0v) is 15.8. The standard InChI is InChI=1S/C20H26ClNO3/c1-11(23)22-18-19(2,3)12-8-15-17(25-7-6-20(15,18)10-12)14-9-13(21)4-5-16(14)24/h4-5,9,12,15,17-18,24H,6-8,10H2,1-3H3,(H,22,23)/t12-,15-,17-,18+,20?/m1/s1. The smallest absolute Gasteiger partial charge is 0.217 e. The van der Waals surface area contributed by atoms with Gasteiger partial charge in [-0.1, -0.05) is 25.4 Å². The molecule has 1 aromatic carbocycles. The predicted octanol–water partition coefficient (Wildman–Crippen LogP) is 4.06. The van der Waals surface area contributed by atoms with Crippen LogP contribution in [0, 0.1) is 22.7 Å². The molecule has 3 aliphatic rings. The highest BCUT2D eigenvalue weighted by Crippen LogP contribution is 2.70. The zero-order valence-electron chi connectivity index (χ0n) is 15.0. The molecule has 1 aromatic rings. The largest absolute Gasteiger partial charge is 0.508 e. The van der Waals surface area contributed by atoms with Crippen molar-refractivity contribution in [3.05, 3.63) is 28.8 Å². The van der Waals surface area contributed by atoms with Gasteiger partial charge < -0.3 is 15.2 Å². The van der Waals surface area contributed by atoms with Crippen LogP contribution in [-0.4, -0.2) is 23.7 Å². The van der Waals surface area contributed by atoms with Gasteiger partial charge in [0.15, 0.2) is 0 Å². The Kier molecular flexibility index (Phi) is 3.86. The molecule has 1 unspecified atom stereocenters. The molecule has 1 saturated heterocycles. The van der Waals surface area contributed by atoms with Crippen LogP contribution in [-0.2, 0) is 9.53 Å². The van der Waals surface area contributed by atoms with Crippen LogP contribution in [0.4, 0.5) is 0 Å². The molecule has 4 rings (SSSR count). The van der Waals surface area contributed by atoms with Crippen LogP contribution in [0.15, 0.2) is 18.2 Å². The lowest BCUT2D eigenvalue weighted by molar-refractivity contribution is -0.136. The molecule has 1 spiro atoms. The number of ether oxygens (including phenoxy) is 1. The van der Waals surface area contributed by atoms with Crippen molar-refractivity contribution in [3.63, 3.8) is 0 Å². The van der Waals surface area contributed by atoms with Crippen molar-refractivity contribution in [2.45, 2.75) is 52.2 Å². The normalized spacial score (nSPS) is 38.4. The van der Waals surface area contributed by atoms with Gasteiger partial charge in [-0.25, -0.2) is 0 Å². The number of carbonyl (C=O) groups is 1. The van der Waals surface area contributed by atoms with Gasteiger partial charge in [0.05, 0.1) is 6.10 Å². The number of carbonyl (C=O) groups excluding carboxylic acids is 1. The number of aromatic hydroxyl groups is 1. The lowest BCUT2D eigenvalue weighted by Crippen LogP contribution is -2.58. The molecular formula is C20H26ClNO3. The minimum atomic E-state index is -0.162. The number of fused-ring (bicyclic) bond motifs is 1. The van der Waals surface area contributed by atoms with Crippen molar-refractivity contribution in [2.24, 2.45) is 22.7 Å². The average Bonchev–Trinajstić information content (AvgIpc) is 3.02. The van der Waals surface area contributed by atoms with E-state index in [-0.39, 0.29) is 34.6 Å². The van der Waals surface area contributed by atoms with Gasteiger partial charge in [0.2, 0.25) is 5.91 Å². The van der Waals surface area contributed by atoms with Crippen LogP contribution >= 0.6 is 11.6 Å². The van der Waals surface area contributed by atoms with E-state index in [9.17, 15) is 9.90 Å². The summed E-state index contributed by atoms with van der Waals surface area (Å²) in [6, 6.07) is 5.31. The first-order valence-corrected chi connectivity index (χ1v) is 9.50. The molecule has 1 amide bonds. The van der Waals surface area contributed by atoms with Gasteiger partial charge >= 0.3 is 0 Å². The summed E-state index contributed by atoms with van der Waals surface area (Å²) in [5.41, 5.74) is 0.904. The maximum atomic E-state index is 11.9. The first kappa shape index (κ1) is 17.2. The fourth-order valence-electron chi connectivity index (χ4n) is 6.05. The number of benzene rings is 1. The SMILES string of the molecule is CC(=O)N[C@H]1C(C)(C)[C@@H]2C[C@@H]3[C@@H](c4cc(Cl)ccc4O)OCCC31C2. The zero-order chi connectivity index (χ0) is 18.0. The monoisotopic (exact) mass is 363 g/mol. The fourth-order valence-corrected chi connectivity index (χ4v) is 6.23. The van der Waals surface area contributed by atoms with Gasteiger partial charge in [-0.15, -0.1) is 0 Å². The van der Waals surface area contributed by atoms with Gasteiger partial charge in [0, 0.05) is 30.2 Å². The van der Waals surface area contributed by atoms with Gasteiger partial charge in [0.25, 0.3) is 0 Å². The van der Waals surface area contributed by atoms with Crippen LogP contribution in [0.3, 0.4) is 0 Å². The van der Waals surface area contributed by atoms with Crippen molar-refractivity contribution in [1.29, 1.82) is 0 Å². The van der Waals surface area contributed by atoms with E-state index in [0.29, 0.717) is 23.5 Å². The lowest BCUT2D eigenvalue weighted by Gasteiger charge is -2.53. The van der Waals surface area contributed by atoms with Crippen molar-refractivity contribution in [3.8, 4) is 5.75 Å². The predicted molar refractivity (Wildman–Crippen MR) is 96.5 cm³/mol. The Hall–Kier alpha value is -1.26. The second-order valence-corrected chi connectivity index (χ2v) is 9.11. The maximum absolute atomic E-state index is 11.9. The highest BCUT2D eigenvalue weighted by molar-refractivity contribution is 6.30. The number of hydrogen-bond acceptors (Lipinski definition) is 3. The fraction of sp³-hybridized carbons (Fsp3) is 0.650. The topological polar surface area (TPSA) is 58.6 Å². The van der Waals surface area contributed by atoms with Crippen LogP contribution in [0.1, 0.15) is 51.7 Å². The van der Waals surface area contributed by atoms with Crippen molar-refractivity contribution < 1.29 is 14.6 Å². The second-order valence-electron chi connectivity index (χ2n) is 8.68. The summed E-state index contributed by atoms with van der Waals surface area (Å²) in [6.45, 7) is 6.81. The Morgan fingerprint density at radius 2 is 2.16 bits per heavy atom. The Balaban J connectivity index is 1.75. The maximum Gasteiger partial charge on any atom is 0.217 e. The van der Waals surface area contributed by atoms with E-state index in [2.05, 4.69) is 19.2 Å². The quantitative estimate of drug-likeness (QED) is 0.832. The Labute approximate surface area is 153 Å². The molecule has 2 saturated carbocycles. The van der Waals surface area contributed by atoms with Gasteiger partial charge in [0.1, 0.15) is 5.75 Å². The van der Waals surface area contributed by atoms with Gasteiger partial charge in [-0.05, 0) is 60.1 Å². The Bertz CT molecular complexity index is 719. The molecule has 5 atom stereocenters. The molecule has 1 aliphatic heterocycles. The number of amides is 1. The molecule has 2 bridgehead atoms. The van der Waals surface area contributed by atoms with Gasteiger partial charge in [-0.2, -0.15) is 0 Å². The highest BCUT2D eigenvalue weighted by atomic mass is 35.5. The third kappa shape index (κ3) is 2.41. The number of phenols is 1. The molecule has 3 fully saturated rings. The third-order valence-electron chi connectivity index (χ3n) is 7.15. The molecular weight excluding hydrogens is 338 g/mol. The number of hydrogen-bond donors (Lipinski definition) is 2. The number of halogens is 1. The van der Waals surface area contributed by atoms with E-state index < -0.39 is 0 Å². The second kappa shape index (κ2) is 5.62. The Morgan fingerprint density at radius 3 is 2.88 bits per heavy atom. The van der Waals surface area contributed by atoms with E-state index in [1.807, 2.05) is 6.07 Å². The molecule has 2 N–H and O–H groups in total. The van der Waals surface area contributed by atoms with E-state index in [1.54, 1.807) is 19.1 Å².